The Bertz CT molecular complexity index is 881. The third-order valence-corrected chi connectivity index (χ3v) is 5.36. The molecule has 0 bridgehead atoms. The fraction of sp³-hybridized carbons (Fsp3) is 0.333. The number of hydrogen-bond acceptors (Lipinski definition) is 5. The number of fused-ring (bicyclic) bond motifs is 2. The number of hydrogen-bond donors (Lipinski definition) is 1. The van der Waals surface area contributed by atoms with Crippen molar-refractivity contribution >= 4 is 33.7 Å². The molecule has 0 unspecified atom stereocenters. The summed E-state index contributed by atoms with van der Waals surface area (Å²) in [7, 11) is 1.52. The number of aromatic nitrogens is 2. The van der Waals surface area contributed by atoms with Crippen molar-refractivity contribution in [2.45, 2.75) is 18.3 Å². The van der Waals surface area contributed by atoms with Crippen LogP contribution in [0.1, 0.15) is 28.8 Å². The number of nitrogens with one attached hydrogen (secondary N) is 1. The van der Waals surface area contributed by atoms with Crippen LogP contribution >= 0.6 is 15.9 Å². The number of amides is 2. The zero-order valence-corrected chi connectivity index (χ0v) is 15.7. The third-order valence-electron chi connectivity index (χ3n) is 4.87. The van der Waals surface area contributed by atoms with Gasteiger partial charge in [0.25, 0.3) is 5.91 Å². The van der Waals surface area contributed by atoms with Gasteiger partial charge in [-0.15, -0.1) is 0 Å². The summed E-state index contributed by atoms with van der Waals surface area (Å²) in [6.07, 6.45) is 5.01. The maximum atomic E-state index is 12.8. The van der Waals surface area contributed by atoms with Crippen molar-refractivity contribution in [3.63, 3.8) is 0 Å². The van der Waals surface area contributed by atoms with E-state index in [1.807, 2.05) is 18.2 Å². The molecule has 2 heterocycles. The Hall–Kier alpha value is -2.48. The number of ether oxygens (including phenoxy) is 1. The number of benzene rings is 1. The van der Waals surface area contributed by atoms with Crippen molar-refractivity contribution in [3.05, 3.63) is 46.2 Å². The van der Waals surface area contributed by atoms with Gasteiger partial charge in [-0.1, -0.05) is 15.9 Å². The predicted octanol–water partition coefficient (Wildman–Crippen LogP) is 2.37. The minimum atomic E-state index is -0.320. The van der Waals surface area contributed by atoms with E-state index in [0.717, 1.165) is 22.9 Å². The van der Waals surface area contributed by atoms with Crippen molar-refractivity contribution in [2.75, 3.05) is 25.5 Å². The van der Waals surface area contributed by atoms with E-state index >= 15 is 0 Å². The van der Waals surface area contributed by atoms with Crippen molar-refractivity contribution in [1.29, 1.82) is 0 Å². The topological polar surface area (TPSA) is 84.4 Å². The number of methoxy groups -OCH3 is 1. The quantitative estimate of drug-likeness (QED) is 0.826. The van der Waals surface area contributed by atoms with Crippen LogP contribution in [0.2, 0.25) is 0 Å². The normalized spacial score (nSPS) is 17.0. The summed E-state index contributed by atoms with van der Waals surface area (Å²) >= 11 is 3.48. The van der Waals surface area contributed by atoms with Gasteiger partial charge in [0.1, 0.15) is 6.54 Å². The summed E-state index contributed by atoms with van der Waals surface area (Å²) in [6, 6.07) is 5.73. The van der Waals surface area contributed by atoms with E-state index in [-0.39, 0.29) is 29.7 Å². The Labute approximate surface area is 158 Å². The van der Waals surface area contributed by atoms with E-state index in [4.69, 9.17) is 4.74 Å². The molecule has 1 spiro atoms. The van der Waals surface area contributed by atoms with E-state index < -0.39 is 0 Å². The molecule has 1 aromatic heterocycles. The van der Waals surface area contributed by atoms with E-state index in [0.29, 0.717) is 17.9 Å². The molecule has 0 saturated heterocycles. The molecule has 134 valence electrons. The number of halogens is 1. The highest BCUT2D eigenvalue weighted by Gasteiger charge is 2.51. The third kappa shape index (κ3) is 3.05. The average Bonchev–Trinajstić information content (AvgIpc) is 3.40. The Morgan fingerprint density at radius 1 is 1.35 bits per heavy atom. The molecule has 1 N–H and O–H groups in total. The van der Waals surface area contributed by atoms with Gasteiger partial charge in [-0.2, -0.15) is 0 Å². The summed E-state index contributed by atoms with van der Waals surface area (Å²) in [5.74, 6) is 0.258. The first-order chi connectivity index (χ1) is 12.5. The van der Waals surface area contributed by atoms with Gasteiger partial charge in [-0.05, 0) is 36.6 Å². The Balaban J connectivity index is 1.49. The Kier molecular flexibility index (Phi) is 4.14. The van der Waals surface area contributed by atoms with E-state index in [1.165, 1.54) is 19.5 Å². The van der Waals surface area contributed by atoms with Crippen molar-refractivity contribution in [2.24, 2.45) is 0 Å². The lowest BCUT2D eigenvalue weighted by Crippen LogP contribution is -2.46. The van der Waals surface area contributed by atoms with Crippen LogP contribution < -0.4 is 10.1 Å². The zero-order valence-electron chi connectivity index (χ0n) is 14.2. The van der Waals surface area contributed by atoms with Crippen LogP contribution in [0.4, 0.5) is 5.95 Å². The molecule has 1 aliphatic carbocycles. The summed E-state index contributed by atoms with van der Waals surface area (Å²) < 4.78 is 5.96. The molecule has 1 aliphatic heterocycles. The van der Waals surface area contributed by atoms with Crippen LogP contribution in [0.15, 0.2) is 35.1 Å². The molecule has 1 aromatic carbocycles. The predicted molar refractivity (Wildman–Crippen MR) is 98.2 cm³/mol. The van der Waals surface area contributed by atoms with Crippen LogP contribution in [0, 0.1) is 0 Å². The molecule has 2 aliphatic rings. The molecule has 2 amide bonds. The van der Waals surface area contributed by atoms with Crippen LogP contribution in [0.5, 0.6) is 5.75 Å². The van der Waals surface area contributed by atoms with Crippen molar-refractivity contribution in [3.8, 4) is 5.75 Å². The summed E-state index contributed by atoms with van der Waals surface area (Å²) in [4.78, 5) is 34.8. The largest absolute Gasteiger partial charge is 0.494 e. The molecule has 8 heteroatoms. The van der Waals surface area contributed by atoms with Crippen molar-refractivity contribution < 1.29 is 14.3 Å². The van der Waals surface area contributed by atoms with E-state index in [2.05, 4.69) is 31.2 Å². The second kappa shape index (κ2) is 6.35. The molecular formula is C18H17BrN4O3. The summed E-state index contributed by atoms with van der Waals surface area (Å²) in [5, 5.41) is 2.62. The smallest absolute Gasteiger partial charge is 0.254 e. The second-order valence-corrected chi connectivity index (χ2v) is 7.54. The van der Waals surface area contributed by atoms with Gasteiger partial charge >= 0.3 is 0 Å². The minimum Gasteiger partial charge on any atom is -0.494 e. The highest BCUT2D eigenvalue weighted by atomic mass is 79.9. The number of carbonyl (C=O) groups is 2. The van der Waals surface area contributed by atoms with E-state index in [9.17, 15) is 9.59 Å². The van der Waals surface area contributed by atoms with Gasteiger partial charge in [0, 0.05) is 22.0 Å². The molecule has 0 atom stereocenters. The first-order valence-electron chi connectivity index (χ1n) is 8.26. The van der Waals surface area contributed by atoms with Gasteiger partial charge in [0.15, 0.2) is 5.75 Å². The second-order valence-electron chi connectivity index (χ2n) is 6.63. The first kappa shape index (κ1) is 17.0. The fourth-order valence-electron chi connectivity index (χ4n) is 3.36. The Morgan fingerprint density at radius 2 is 2.08 bits per heavy atom. The molecule has 26 heavy (non-hydrogen) atoms. The maximum absolute atomic E-state index is 12.8. The lowest BCUT2D eigenvalue weighted by molar-refractivity contribution is -0.117. The molecule has 2 aromatic rings. The average molecular weight is 417 g/mol. The van der Waals surface area contributed by atoms with E-state index in [1.54, 1.807) is 4.90 Å². The number of nitrogens with zero attached hydrogens (tertiary/aromatic N) is 3. The van der Waals surface area contributed by atoms with Gasteiger partial charge in [0.05, 0.1) is 19.5 Å². The first-order valence-corrected chi connectivity index (χ1v) is 9.05. The minimum absolute atomic E-state index is 0.0100. The van der Waals surface area contributed by atoms with Crippen LogP contribution in [-0.4, -0.2) is 46.9 Å². The molecular weight excluding hydrogens is 400 g/mol. The zero-order chi connectivity index (χ0) is 18.3. The molecule has 4 rings (SSSR count). The van der Waals surface area contributed by atoms with Crippen LogP contribution in [-0.2, 0) is 10.2 Å². The molecule has 1 fully saturated rings. The highest BCUT2D eigenvalue weighted by molar-refractivity contribution is 9.10. The number of rotatable bonds is 4. The fourth-order valence-corrected chi connectivity index (χ4v) is 3.73. The SMILES string of the molecule is COc1cnc(NC(=O)CN2CC3(CC3)c3cc(Br)ccc3C2=O)nc1. The van der Waals surface area contributed by atoms with Crippen LogP contribution in [0.3, 0.4) is 0 Å². The molecule has 7 nitrogen and oxygen atoms in total. The van der Waals surface area contributed by atoms with Gasteiger partial charge in [0.2, 0.25) is 11.9 Å². The number of carbonyl (C=O) groups excluding carboxylic acids is 2. The highest BCUT2D eigenvalue weighted by Crippen LogP contribution is 2.52. The Morgan fingerprint density at radius 3 is 2.73 bits per heavy atom. The maximum Gasteiger partial charge on any atom is 0.254 e. The molecule has 1 saturated carbocycles. The van der Waals surface area contributed by atoms with Gasteiger partial charge < -0.3 is 9.64 Å². The van der Waals surface area contributed by atoms with Gasteiger partial charge in [-0.3, -0.25) is 14.9 Å². The van der Waals surface area contributed by atoms with Crippen LogP contribution in [0.25, 0.3) is 0 Å². The molecule has 0 radical (unpaired) electrons. The number of anilines is 1. The monoisotopic (exact) mass is 416 g/mol. The summed E-state index contributed by atoms with van der Waals surface area (Å²) in [5.41, 5.74) is 1.77. The van der Waals surface area contributed by atoms with Gasteiger partial charge in [-0.25, -0.2) is 9.97 Å². The lowest BCUT2D eigenvalue weighted by atomic mass is 9.86. The standard InChI is InChI=1S/C18H17BrN4O3/c1-26-12-7-20-17(21-8-12)22-15(24)9-23-10-18(4-5-18)14-6-11(19)2-3-13(14)16(23)25/h2-3,6-8H,4-5,9-10H2,1H3,(H,20,21,22,24). The lowest BCUT2D eigenvalue weighted by Gasteiger charge is -2.34. The summed E-state index contributed by atoms with van der Waals surface area (Å²) in [6.45, 7) is 0.539. The van der Waals surface area contributed by atoms with Crippen molar-refractivity contribution in [1.82, 2.24) is 14.9 Å².